The second-order valence-electron chi connectivity index (χ2n) is 3.05. The third-order valence-electron chi connectivity index (χ3n) is 1.76. The summed E-state index contributed by atoms with van der Waals surface area (Å²) in [6.07, 6.45) is 0. The number of rotatable bonds is 3. The predicted octanol–water partition coefficient (Wildman–Crippen LogP) is 1.53. The molecule has 0 heterocycles. The van der Waals surface area contributed by atoms with Gasteiger partial charge in [-0.05, 0) is 12.1 Å². The third kappa shape index (κ3) is 2.74. The van der Waals surface area contributed by atoms with Crippen molar-refractivity contribution in [2.75, 3.05) is 19.0 Å². The first-order valence-electron chi connectivity index (χ1n) is 3.97. The molecule has 13 heavy (non-hydrogen) atoms. The van der Waals surface area contributed by atoms with Gasteiger partial charge in [-0.25, -0.2) is 0 Å². The lowest BCUT2D eigenvalue weighted by atomic mass is 10.2. The molecule has 0 N–H and O–H groups in total. The molecule has 4 nitrogen and oxygen atoms in total. The van der Waals surface area contributed by atoms with Crippen molar-refractivity contribution in [2.24, 2.45) is 0 Å². The summed E-state index contributed by atoms with van der Waals surface area (Å²) in [7, 11) is 3.87. The lowest BCUT2D eigenvalue weighted by Gasteiger charge is -2.11. The molecule has 0 unspecified atom stereocenters. The molecule has 4 heteroatoms. The highest BCUT2D eigenvalue weighted by molar-refractivity contribution is 5.45. The van der Waals surface area contributed by atoms with E-state index in [4.69, 9.17) is 0 Å². The Labute approximate surface area is 76.9 Å². The highest BCUT2D eigenvalue weighted by Gasteiger charge is 2.01. The van der Waals surface area contributed by atoms with E-state index in [-0.39, 0.29) is 11.5 Å². The van der Waals surface area contributed by atoms with Gasteiger partial charge in [-0.3, -0.25) is 10.1 Å². The third-order valence-corrected chi connectivity index (χ3v) is 1.76. The Morgan fingerprint density at radius 3 is 2.23 bits per heavy atom. The first-order chi connectivity index (χ1) is 6.09. The fourth-order valence-corrected chi connectivity index (χ4v) is 1.05. The van der Waals surface area contributed by atoms with Crippen LogP contribution in [0, 0.1) is 10.1 Å². The molecule has 0 atom stereocenters. The molecule has 0 saturated heterocycles. The zero-order valence-corrected chi connectivity index (χ0v) is 7.73. The predicted molar refractivity (Wildman–Crippen MR) is 51.5 cm³/mol. The number of hydrogen-bond acceptors (Lipinski definition) is 3. The molecular weight excluding hydrogens is 168 g/mol. The van der Waals surface area contributed by atoms with Crippen LogP contribution in [0.25, 0.3) is 0 Å². The van der Waals surface area contributed by atoms with E-state index in [1.54, 1.807) is 12.1 Å². The van der Waals surface area contributed by atoms with E-state index in [9.17, 15) is 10.1 Å². The number of nitrogens with zero attached hydrogens (tertiary/aromatic N) is 2. The Morgan fingerprint density at radius 2 is 1.85 bits per heavy atom. The molecule has 0 spiro atoms. The van der Waals surface area contributed by atoms with E-state index in [1.165, 1.54) is 0 Å². The minimum Gasteiger partial charge on any atom is -0.378 e. The molecule has 70 valence electrons. The van der Waals surface area contributed by atoms with Gasteiger partial charge in [0.15, 0.2) is 0 Å². The van der Waals surface area contributed by atoms with Gasteiger partial charge in [0.25, 0.3) is 0 Å². The lowest BCUT2D eigenvalue weighted by Crippen LogP contribution is -2.08. The molecule has 0 saturated carbocycles. The van der Waals surface area contributed by atoms with E-state index < -0.39 is 0 Å². The van der Waals surface area contributed by atoms with Crippen molar-refractivity contribution in [1.29, 1.82) is 0 Å². The van der Waals surface area contributed by atoms with Crippen LogP contribution in [0.15, 0.2) is 24.3 Å². The average molecular weight is 180 g/mol. The first-order valence-corrected chi connectivity index (χ1v) is 3.97. The molecule has 0 radical (unpaired) electrons. The Morgan fingerprint density at radius 1 is 1.31 bits per heavy atom. The summed E-state index contributed by atoms with van der Waals surface area (Å²) in [6, 6.07) is 7.30. The van der Waals surface area contributed by atoms with Gasteiger partial charge in [-0.2, -0.15) is 0 Å². The second kappa shape index (κ2) is 3.89. The number of anilines is 1. The molecule has 1 aromatic carbocycles. The molecule has 0 aromatic heterocycles. The van der Waals surface area contributed by atoms with Crippen molar-refractivity contribution >= 4 is 5.69 Å². The van der Waals surface area contributed by atoms with Crippen LogP contribution in [0.4, 0.5) is 5.69 Å². The average Bonchev–Trinajstić information content (AvgIpc) is 2.04. The van der Waals surface area contributed by atoms with Crippen molar-refractivity contribution in [1.82, 2.24) is 0 Å². The fourth-order valence-electron chi connectivity index (χ4n) is 1.05. The molecule has 0 fully saturated rings. The van der Waals surface area contributed by atoms with Crippen LogP contribution in [0.3, 0.4) is 0 Å². The maximum absolute atomic E-state index is 10.2. The minimum atomic E-state index is -0.329. The van der Waals surface area contributed by atoms with Crippen molar-refractivity contribution < 1.29 is 4.92 Å². The van der Waals surface area contributed by atoms with Gasteiger partial charge in [0.05, 0.1) is 0 Å². The van der Waals surface area contributed by atoms with Crippen molar-refractivity contribution in [3.05, 3.63) is 39.9 Å². The van der Waals surface area contributed by atoms with Gasteiger partial charge in [0.2, 0.25) is 6.54 Å². The first kappa shape index (κ1) is 9.51. The summed E-state index contributed by atoms with van der Waals surface area (Å²) in [4.78, 5) is 11.8. The zero-order chi connectivity index (χ0) is 9.84. The van der Waals surface area contributed by atoms with Crippen LogP contribution < -0.4 is 4.90 Å². The largest absolute Gasteiger partial charge is 0.378 e. The van der Waals surface area contributed by atoms with Gasteiger partial charge >= 0.3 is 0 Å². The summed E-state index contributed by atoms with van der Waals surface area (Å²) in [5.74, 6) is 0. The monoisotopic (exact) mass is 180 g/mol. The molecule has 1 rings (SSSR count). The maximum atomic E-state index is 10.2. The topological polar surface area (TPSA) is 46.4 Å². The number of nitro groups is 1. The Kier molecular flexibility index (Phi) is 2.84. The van der Waals surface area contributed by atoms with E-state index in [1.807, 2.05) is 31.1 Å². The summed E-state index contributed by atoms with van der Waals surface area (Å²) in [6.45, 7) is -0.103. The van der Waals surface area contributed by atoms with Gasteiger partial charge in [0.1, 0.15) is 0 Å². The summed E-state index contributed by atoms with van der Waals surface area (Å²) < 4.78 is 0. The van der Waals surface area contributed by atoms with Crippen molar-refractivity contribution in [3.8, 4) is 0 Å². The highest BCUT2D eigenvalue weighted by Crippen LogP contribution is 2.12. The standard InChI is InChI=1S/C9H12N2O2/c1-10(2)9-5-3-8(4-6-9)7-11(12)13/h3-6H,7H2,1-2H3. The van der Waals surface area contributed by atoms with E-state index in [0.717, 1.165) is 11.3 Å². The second-order valence-corrected chi connectivity index (χ2v) is 3.05. The Hall–Kier alpha value is -1.58. The normalized spacial score (nSPS) is 9.69. The van der Waals surface area contributed by atoms with Crippen LogP contribution in [0.1, 0.15) is 5.56 Å². The molecule has 0 aliphatic carbocycles. The maximum Gasteiger partial charge on any atom is 0.228 e. The van der Waals surface area contributed by atoms with Gasteiger partial charge in [-0.1, -0.05) is 12.1 Å². The number of benzene rings is 1. The molecular formula is C9H12N2O2. The van der Waals surface area contributed by atoms with Crippen molar-refractivity contribution in [2.45, 2.75) is 6.54 Å². The molecule has 0 bridgehead atoms. The summed E-state index contributed by atoms with van der Waals surface area (Å²) in [5.41, 5.74) is 1.78. The van der Waals surface area contributed by atoms with Crippen LogP contribution in [0.5, 0.6) is 0 Å². The van der Waals surface area contributed by atoms with Gasteiger partial charge in [-0.15, -0.1) is 0 Å². The summed E-state index contributed by atoms with van der Waals surface area (Å²) in [5, 5.41) is 10.2. The SMILES string of the molecule is CN(C)c1ccc(C[N+](=O)[O-])cc1. The van der Waals surface area contributed by atoms with Crippen molar-refractivity contribution in [3.63, 3.8) is 0 Å². The highest BCUT2D eigenvalue weighted by atomic mass is 16.6. The van der Waals surface area contributed by atoms with Crippen LogP contribution >= 0.6 is 0 Å². The molecule has 0 aliphatic heterocycles. The number of hydrogen-bond donors (Lipinski definition) is 0. The summed E-state index contributed by atoms with van der Waals surface area (Å²) >= 11 is 0. The van der Waals surface area contributed by atoms with Gasteiger partial charge < -0.3 is 4.90 Å². The van der Waals surface area contributed by atoms with E-state index in [0.29, 0.717) is 0 Å². The fraction of sp³-hybridized carbons (Fsp3) is 0.333. The minimum absolute atomic E-state index is 0.103. The van der Waals surface area contributed by atoms with Crippen LogP contribution in [-0.2, 0) is 6.54 Å². The van der Waals surface area contributed by atoms with E-state index >= 15 is 0 Å². The smallest absolute Gasteiger partial charge is 0.228 e. The molecule has 0 aliphatic rings. The van der Waals surface area contributed by atoms with Crippen LogP contribution in [-0.4, -0.2) is 19.0 Å². The Bertz CT molecular complexity index is 293. The van der Waals surface area contributed by atoms with Gasteiger partial charge in [0, 0.05) is 30.3 Å². The quantitative estimate of drug-likeness (QED) is 0.523. The molecule has 0 amide bonds. The molecule has 1 aromatic rings. The Balaban J connectivity index is 2.75. The zero-order valence-electron chi connectivity index (χ0n) is 7.73. The lowest BCUT2D eigenvalue weighted by molar-refractivity contribution is -0.496. The van der Waals surface area contributed by atoms with E-state index in [2.05, 4.69) is 0 Å². The van der Waals surface area contributed by atoms with Crippen LogP contribution in [0.2, 0.25) is 0 Å².